The Kier molecular flexibility index (Phi) is 8.50. The van der Waals surface area contributed by atoms with E-state index in [0.29, 0.717) is 36.0 Å². The lowest BCUT2D eigenvalue weighted by Gasteiger charge is -2.09. The van der Waals surface area contributed by atoms with E-state index in [1.54, 1.807) is 25.3 Å². The van der Waals surface area contributed by atoms with Crippen LogP contribution in [0.3, 0.4) is 0 Å². The Labute approximate surface area is 135 Å². The van der Waals surface area contributed by atoms with Crippen molar-refractivity contribution in [3.63, 3.8) is 0 Å². The topological polar surface area (TPSA) is 79.5 Å². The molecule has 0 fully saturated rings. The number of benzene rings is 1. The number of anilines is 1. The molecule has 0 heterocycles. The summed E-state index contributed by atoms with van der Waals surface area (Å²) in [6.45, 7) is 3.89. The van der Waals surface area contributed by atoms with Crippen LogP contribution >= 0.6 is 11.6 Å². The first kappa shape index (κ1) is 18.4. The molecule has 0 radical (unpaired) electrons. The van der Waals surface area contributed by atoms with Gasteiger partial charge in [0.15, 0.2) is 0 Å². The van der Waals surface area contributed by atoms with Crippen molar-refractivity contribution in [3.05, 3.63) is 28.8 Å². The molecule has 1 aromatic rings. The molecular formula is C15H22ClN3O3. The molecule has 2 amide bonds. The van der Waals surface area contributed by atoms with Crippen molar-refractivity contribution in [1.82, 2.24) is 10.6 Å². The van der Waals surface area contributed by atoms with Gasteiger partial charge in [-0.25, -0.2) is 0 Å². The van der Waals surface area contributed by atoms with Crippen LogP contribution in [0.1, 0.15) is 23.7 Å². The van der Waals surface area contributed by atoms with Gasteiger partial charge in [-0.1, -0.05) is 18.5 Å². The zero-order valence-corrected chi connectivity index (χ0v) is 13.6. The largest absolute Gasteiger partial charge is 0.383 e. The third kappa shape index (κ3) is 6.43. The minimum Gasteiger partial charge on any atom is -0.383 e. The molecule has 1 aromatic carbocycles. The molecule has 122 valence electrons. The average molecular weight is 328 g/mol. The van der Waals surface area contributed by atoms with Gasteiger partial charge in [0.25, 0.3) is 5.91 Å². The summed E-state index contributed by atoms with van der Waals surface area (Å²) in [5, 5.41) is 8.71. The van der Waals surface area contributed by atoms with Crippen LogP contribution in [0.4, 0.5) is 5.69 Å². The van der Waals surface area contributed by atoms with E-state index in [-0.39, 0.29) is 18.4 Å². The lowest BCUT2D eigenvalue weighted by atomic mass is 10.2. The number of carbonyl (C=O) groups excluding carboxylic acids is 2. The number of halogens is 1. The second-order valence-electron chi connectivity index (χ2n) is 4.67. The lowest BCUT2D eigenvalue weighted by molar-refractivity contribution is -0.115. The first-order chi connectivity index (χ1) is 10.6. The molecule has 6 nitrogen and oxygen atoms in total. The van der Waals surface area contributed by atoms with Crippen LogP contribution in [0.15, 0.2) is 18.2 Å². The standard InChI is InChI=1S/C15H22ClN3O3/c1-3-6-18-15(21)12-5-4-11(9-13(12)16)19-14(20)10-17-7-8-22-2/h4-5,9,17H,3,6-8,10H2,1-2H3,(H,18,21)(H,19,20). The zero-order chi connectivity index (χ0) is 16.4. The fourth-order valence-corrected chi connectivity index (χ4v) is 1.96. The molecule has 0 saturated carbocycles. The van der Waals surface area contributed by atoms with E-state index in [0.717, 1.165) is 6.42 Å². The summed E-state index contributed by atoms with van der Waals surface area (Å²) < 4.78 is 4.87. The molecule has 0 aliphatic rings. The number of carbonyl (C=O) groups is 2. The molecule has 7 heteroatoms. The first-order valence-electron chi connectivity index (χ1n) is 7.15. The SMILES string of the molecule is CCCNC(=O)c1ccc(NC(=O)CNCCOC)cc1Cl. The van der Waals surface area contributed by atoms with Gasteiger partial charge in [-0.05, 0) is 24.6 Å². The summed E-state index contributed by atoms with van der Waals surface area (Å²) >= 11 is 6.09. The number of rotatable bonds is 9. The van der Waals surface area contributed by atoms with Crippen LogP contribution in [0, 0.1) is 0 Å². The van der Waals surface area contributed by atoms with Gasteiger partial charge < -0.3 is 20.7 Å². The van der Waals surface area contributed by atoms with Crippen molar-refractivity contribution >= 4 is 29.1 Å². The summed E-state index contributed by atoms with van der Waals surface area (Å²) in [5.41, 5.74) is 0.946. The highest BCUT2D eigenvalue weighted by Gasteiger charge is 2.11. The van der Waals surface area contributed by atoms with Gasteiger partial charge >= 0.3 is 0 Å². The van der Waals surface area contributed by atoms with E-state index in [2.05, 4.69) is 16.0 Å². The van der Waals surface area contributed by atoms with Crippen LogP contribution in [0.5, 0.6) is 0 Å². The normalized spacial score (nSPS) is 10.3. The smallest absolute Gasteiger partial charge is 0.252 e. The van der Waals surface area contributed by atoms with E-state index in [9.17, 15) is 9.59 Å². The predicted molar refractivity (Wildman–Crippen MR) is 87.5 cm³/mol. The number of amides is 2. The van der Waals surface area contributed by atoms with Crippen molar-refractivity contribution in [1.29, 1.82) is 0 Å². The molecule has 0 aliphatic carbocycles. The van der Waals surface area contributed by atoms with E-state index in [1.807, 2.05) is 6.92 Å². The maximum atomic E-state index is 11.9. The monoisotopic (exact) mass is 327 g/mol. The Morgan fingerprint density at radius 1 is 1.27 bits per heavy atom. The highest BCUT2D eigenvalue weighted by atomic mass is 35.5. The van der Waals surface area contributed by atoms with Crippen molar-refractivity contribution in [2.45, 2.75) is 13.3 Å². The van der Waals surface area contributed by atoms with Crippen molar-refractivity contribution < 1.29 is 14.3 Å². The molecule has 0 aromatic heterocycles. The minimum absolute atomic E-state index is 0.180. The van der Waals surface area contributed by atoms with Crippen molar-refractivity contribution in [2.75, 3.05) is 38.7 Å². The van der Waals surface area contributed by atoms with E-state index in [1.165, 1.54) is 0 Å². The van der Waals surface area contributed by atoms with Gasteiger partial charge in [-0.15, -0.1) is 0 Å². The number of ether oxygens (including phenoxy) is 1. The Morgan fingerprint density at radius 3 is 2.68 bits per heavy atom. The Hall–Kier alpha value is -1.63. The second kappa shape index (κ2) is 10.2. The van der Waals surface area contributed by atoms with Crippen LogP contribution in [-0.2, 0) is 9.53 Å². The molecule has 0 saturated heterocycles. The van der Waals surface area contributed by atoms with Gasteiger partial charge in [-0.3, -0.25) is 9.59 Å². The first-order valence-corrected chi connectivity index (χ1v) is 7.53. The van der Waals surface area contributed by atoms with Crippen molar-refractivity contribution in [3.8, 4) is 0 Å². The molecule has 0 bridgehead atoms. The van der Waals surface area contributed by atoms with Gasteiger partial charge in [-0.2, -0.15) is 0 Å². The van der Waals surface area contributed by atoms with E-state index >= 15 is 0 Å². The van der Waals surface area contributed by atoms with Crippen LogP contribution < -0.4 is 16.0 Å². The summed E-state index contributed by atoms with van der Waals surface area (Å²) in [7, 11) is 1.60. The molecule has 22 heavy (non-hydrogen) atoms. The quantitative estimate of drug-likeness (QED) is 0.603. The maximum absolute atomic E-state index is 11.9. The summed E-state index contributed by atoms with van der Waals surface area (Å²) in [5.74, 6) is -0.402. The van der Waals surface area contributed by atoms with Crippen LogP contribution in [0.25, 0.3) is 0 Å². The molecule has 3 N–H and O–H groups in total. The molecular weight excluding hydrogens is 306 g/mol. The predicted octanol–water partition coefficient (Wildman–Crippen LogP) is 1.65. The minimum atomic E-state index is -0.217. The summed E-state index contributed by atoms with van der Waals surface area (Å²) in [4.78, 5) is 23.6. The highest BCUT2D eigenvalue weighted by Crippen LogP contribution is 2.21. The fraction of sp³-hybridized carbons (Fsp3) is 0.467. The average Bonchev–Trinajstić information content (AvgIpc) is 2.49. The van der Waals surface area contributed by atoms with Gasteiger partial charge in [0.1, 0.15) is 0 Å². The Bertz CT molecular complexity index is 509. The maximum Gasteiger partial charge on any atom is 0.252 e. The number of hydrogen-bond acceptors (Lipinski definition) is 4. The third-order valence-electron chi connectivity index (χ3n) is 2.80. The molecule has 0 spiro atoms. The highest BCUT2D eigenvalue weighted by molar-refractivity contribution is 6.34. The van der Waals surface area contributed by atoms with E-state index < -0.39 is 0 Å². The number of hydrogen-bond donors (Lipinski definition) is 3. The third-order valence-corrected chi connectivity index (χ3v) is 3.11. The zero-order valence-electron chi connectivity index (χ0n) is 12.9. The Morgan fingerprint density at radius 2 is 2.05 bits per heavy atom. The molecule has 0 atom stereocenters. The molecule has 0 unspecified atom stereocenters. The van der Waals surface area contributed by atoms with E-state index in [4.69, 9.17) is 16.3 Å². The lowest BCUT2D eigenvalue weighted by Crippen LogP contribution is -2.30. The number of methoxy groups -OCH3 is 1. The van der Waals surface area contributed by atoms with Crippen molar-refractivity contribution in [2.24, 2.45) is 0 Å². The molecule has 1 rings (SSSR count). The second-order valence-corrected chi connectivity index (χ2v) is 5.08. The van der Waals surface area contributed by atoms with Gasteiger partial charge in [0.05, 0.1) is 23.7 Å². The van der Waals surface area contributed by atoms with Gasteiger partial charge in [0.2, 0.25) is 5.91 Å². The molecule has 0 aliphatic heterocycles. The van der Waals surface area contributed by atoms with Gasteiger partial charge in [0, 0.05) is 25.9 Å². The summed E-state index contributed by atoms with van der Waals surface area (Å²) in [6.07, 6.45) is 0.855. The Balaban J connectivity index is 2.54. The van der Waals surface area contributed by atoms with Crippen LogP contribution in [0.2, 0.25) is 5.02 Å². The van der Waals surface area contributed by atoms with Crippen LogP contribution in [-0.4, -0.2) is 45.2 Å². The fourth-order valence-electron chi connectivity index (χ4n) is 1.69. The summed E-state index contributed by atoms with van der Waals surface area (Å²) in [6, 6.07) is 4.82. The number of nitrogens with one attached hydrogen (secondary N) is 3.